The summed E-state index contributed by atoms with van der Waals surface area (Å²) in [5.41, 5.74) is 1.39. The Hall–Kier alpha value is -1.25. The number of carbonyl (C=O) groups is 1. The quantitative estimate of drug-likeness (QED) is 0.720. The highest BCUT2D eigenvalue weighted by Crippen LogP contribution is 2.64. The number of nitrogens with zero attached hydrogens (tertiary/aromatic N) is 1. The molecule has 0 aromatic carbocycles. The molecular formula is C17H27NO2. The van der Waals surface area contributed by atoms with Crippen LogP contribution in [-0.4, -0.2) is 29.7 Å². The van der Waals surface area contributed by atoms with Gasteiger partial charge in [0.1, 0.15) is 5.60 Å². The predicted molar refractivity (Wildman–Crippen MR) is 81.5 cm³/mol. The Bertz CT molecular complexity index is 456. The lowest BCUT2D eigenvalue weighted by molar-refractivity contribution is 0.00884. The van der Waals surface area contributed by atoms with E-state index in [-0.39, 0.29) is 16.9 Å². The Kier molecular flexibility index (Phi) is 3.52. The summed E-state index contributed by atoms with van der Waals surface area (Å²) >= 11 is 0. The van der Waals surface area contributed by atoms with Gasteiger partial charge in [-0.3, -0.25) is 0 Å². The third-order valence-corrected chi connectivity index (χ3v) is 4.98. The highest BCUT2D eigenvalue weighted by molar-refractivity contribution is 5.69. The summed E-state index contributed by atoms with van der Waals surface area (Å²) in [5, 5.41) is 0. The van der Waals surface area contributed by atoms with E-state index in [1.165, 1.54) is 5.57 Å². The fraction of sp³-hybridized carbons (Fsp3) is 0.706. The van der Waals surface area contributed by atoms with Crippen molar-refractivity contribution < 1.29 is 9.53 Å². The van der Waals surface area contributed by atoms with E-state index in [4.69, 9.17) is 4.74 Å². The van der Waals surface area contributed by atoms with Crippen LogP contribution in [0.3, 0.4) is 0 Å². The molecule has 2 rings (SSSR count). The van der Waals surface area contributed by atoms with E-state index in [1.807, 2.05) is 31.7 Å². The molecule has 0 radical (unpaired) electrons. The molecule has 1 amide bonds. The zero-order chi connectivity index (χ0) is 15.2. The molecule has 3 nitrogen and oxygen atoms in total. The smallest absolute Gasteiger partial charge is 0.410 e. The fourth-order valence-corrected chi connectivity index (χ4v) is 3.46. The predicted octanol–water partition coefficient (Wildman–Crippen LogP) is 4.16. The first-order chi connectivity index (χ1) is 9.11. The normalized spacial score (nSPS) is 30.4. The van der Waals surface area contributed by atoms with Gasteiger partial charge in [-0.2, -0.15) is 0 Å². The monoisotopic (exact) mass is 277 g/mol. The standard InChI is InChI=1S/C17H27NO2/c1-7-8-13-11-17(16(13,5)6)9-10-18(12-17)14(19)20-15(2,3)4/h7-8H,1,9-12H2,2-6H3/b13-8-/t17-/m0/s1. The maximum absolute atomic E-state index is 12.2. The van der Waals surface area contributed by atoms with Gasteiger partial charge in [-0.25, -0.2) is 4.79 Å². The Morgan fingerprint density at radius 2 is 2.05 bits per heavy atom. The first-order valence-corrected chi connectivity index (χ1v) is 7.41. The van der Waals surface area contributed by atoms with Crippen molar-refractivity contribution in [2.75, 3.05) is 13.1 Å². The molecule has 1 saturated heterocycles. The minimum absolute atomic E-state index is 0.151. The molecular weight excluding hydrogens is 250 g/mol. The van der Waals surface area contributed by atoms with Gasteiger partial charge in [0.25, 0.3) is 0 Å². The topological polar surface area (TPSA) is 29.5 Å². The van der Waals surface area contributed by atoms with Crippen LogP contribution in [0.25, 0.3) is 0 Å². The molecule has 2 fully saturated rings. The minimum atomic E-state index is -0.421. The molecule has 20 heavy (non-hydrogen) atoms. The third kappa shape index (κ3) is 2.38. The van der Waals surface area contributed by atoms with Crippen molar-refractivity contribution in [3.05, 3.63) is 24.3 Å². The molecule has 2 aliphatic rings. The van der Waals surface area contributed by atoms with Crippen LogP contribution in [0.4, 0.5) is 4.79 Å². The van der Waals surface area contributed by atoms with Gasteiger partial charge < -0.3 is 9.64 Å². The molecule has 3 heteroatoms. The molecule has 1 saturated carbocycles. The lowest BCUT2D eigenvalue weighted by atomic mass is 9.47. The van der Waals surface area contributed by atoms with E-state index in [9.17, 15) is 4.79 Å². The second-order valence-corrected chi connectivity index (χ2v) is 7.66. The molecule has 1 atom stereocenters. The molecule has 1 aliphatic heterocycles. The third-order valence-electron chi connectivity index (χ3n) is 4.98. The van der Waals surface area contributed by atoms with Gasteiger partial charge in [0.2, 0.25) is 0 Å². The van der Waals surface area contributed by atoms with E-state index in [0.717, 1.165) is 25.9 Å². The lowest BCUT2D eigenvalue weighted by Crippen LogP contribution is -2.51. The second kappa shape index (κ2) is 4.64. The van der Waals surface area contributed by atoms with Crippen LogP contribution in [0.1, 0.15) is 47.5 Å². The highest BCUT2D eigenvalue weighted by atomic mass is 16.6. The molecule has 0 aromatic rings. The number of hydrogen-bond acceptors (Lipinski definition) is 2. The van der Waals surface area contributed by atoms with Gasteiger partial charge >= 0.3 is 6.09 Å². The molecule has 1 spiro atoms. The van der Waals surface area contributed by atoms with Crippen molar-refractivity contribution >= 4 is 6.09 Å². The summed E-state index contributed by atoms with van der Waals surface area (Å²) in [7, 11) is 0. The van der Waals surface area contributed by atoms with Crippen LogP contribution in [0.5, 0.6) is 0 Å². The fourth-order valence-electron chi connectivity index (χ4n) is 3.46. The van der Waals surface area contributed by atoms with Crippen molar-refractivity contribution in [1.82, 2.24) is 4.90 Å². The summed E-state index contributed by atoms with van der Waals surface area (Å²) < 4.78 is 5.48. The van der Waals surface area contributed by atoms with Crippen molar-refractivity contribution in [1.29, 1.82) is 0 Å². The van der Waals surface area contributed by atoms with Crippen molar-refractivity contribution in [3.63, 3.8) is 0 Å². The van der Waals surface area contributed by atoms with Gasteiger partial charge in [-0.1, -0.05) is 38.2 Å². The summed E-state index contributed by atoms with van der Waals surface area (Å²) in [6.07, 6.45) is 5.96. The van der Waals surface area contributed by atoms with E-state index in [0.29, 0.717) is 0 Å². The number of amides is 1. The number of hydrogen-bond donors (Lipinski definition) is 0. The summed E-state index contributed by atoms with van der Waals surface area (Å²) in [6, 6.07) is 0. The van der Waals surface area contributed by atoms with Crippen molar-refractivity contribution in [3.8, 4) is 0 Å². The first-order valence-electron chi connectivity index (χ1n) is 7.41. The minimum Gasteiger partial charge on any atom is -0.444 e. The Balaban J connectivity index is 2.05. The lowest BCUT2D eigenvalue weighted by Gasteiger charge is -2.56. The van der Waals surface area contributed by atoms with Gasteiger partial charge in [-0.05, 0) is 39.0 Å². The molecule has 1 heterocycles. The number of rotatable bonds is 1. The zero-order valence-electron chi connectivity index (χ0n) is 13.5. The molecule has 1 aliphatic carbocycles. The van der Waals surface area contributed by atoms with Gasteiger partial charge in [0.15, 0.2) is 0 Å². The Morgan fingerprint density at radius 1 is 1.40 bits per heavy atom. The van der Waals surface area contributed by atoms with E-state index in [2.05, 4.69) is 26.5 Å². The Morgan fingerprint density at radius 3 is 2.55 bits per heavy atom. The summed E-state index contributed by atoms with van der Waals surface area (Å²) in [4.78, 5) is 14.1. The van der Waals surface area contributed by atoms with Crippen LogP contribution in [0.15, 0.2) is 24.3 Å². The second-order valence-electron chi connectivity index (χ2n) is 7.66. The number of allylic oxidation sites excluding steroid dienone is 3. The van der Waals surface area contributed by atoms with E-state index < -0.39 is 5.60 Å². The van der Waals surface area contributed by atoms with Crippen LogP contribution in [0.2, 0.25) is 0 Å². The van der Waals surface area contributed by atoms with Crippen molar-refractivity contribution in [2.45, 2.75) is 53.1 Å². The van der Waals surface area contributed by atoms with Gasteiger partial charge in [-0.15, -0.1) is 0 Å². The maximum atomic E-state index is 12.2. The van der Waals surface area contributed by atoms with Gasteiger partial charge in [0.05, 0.1) is 0 Å². The maximum Gasteiger partial charge on any atom is 0.410 e. The van der Waals surface area contributed by atoms with E-state index in [1.54, 1.807) is 0 Å². The van der Waals surface area contributed by atoms with Crippen molar-refractivity contribution in [2.24, 2.45) is 10.8 Å². The summed E-state index contributed by atoms with van der Waals surface area (Å²) in [6.45, 7) is 15.7. The SMILES string of the molecule is C=C/C=C1/C[C@]2(CCN(C(=O)OC(C)(C)C)C2)C1(C)C. The van der Waals surface area contributed by atoms with E-state index >= 15 is 0 Å². The van der Waals surface area contributed by atoms with Crippen LogP contribution in [-0.2, 0) is 4.74 Å². The molecule has 0 aromatic heterocycles. The van der Waals surface area contributed by atoms with Crippen LogP contribution in [0, 0.1) is 10.8 Å². The highest BCUT2D eigenvalue weighted by Gasteiger charge is 2.59. The van der Waals surface area contributed by atoms with Crippen LogP contribution >= 0.6 is 0 Å². The number of likely N-dealkylation sites (tertiary alicyclic amines) is 1. The molecule has 0 unspecified atom stereocenters. The number of ether oxygens (including phenoxy) is 1. The average Bonchev–Trinajstić information content (AvgIpc) is 2.74. The number of carbonyl (C=O) groups excluding carboxylic acids is 1. The first kappa shape index (κ1) is 15.1. The molecule has 0 bridgehead atoms. The average molecular weight is 277 g/mol. The van der Waals surface area contributed by atoms with Gasteiger partial charge in [0, 0.05) is 18.5 Å². The summed E-state index contributed by atoms with van der Waals surface area (Å²) in [5.74, 6) is 0. The van der Waals surface area contributed by atoms with Crippen LogP contribution < -0.4 is 0 Å². The largest absolute Gasteiger partial charge is 0.444 e. The zero-order valence-corrected chi connectivity index (χ0v) is 13.5. The molecule has 0 N–H and O–H groups in total. The molecule has 112 valence electrons. The Labute approximate surface area is 122 Å².